The summed E-state index contributed by atoms with van der Waals surface area (Å²) in [4.78, 5) is 8.54. The van der Waals surface area contributed by atoms with Gasteiger partial charge in [-0.1, -0.05) is 6.92 Å². The van der Waals surface area contributed by atoms with Gasteiger partial charge in [0.15, 0.2) is 0 Å². The van der Waals surface area contributed by atoms with Gasteiger partial charge in [0.05, 0.1) is 17.3 Å². The number of nitrogens with zero attached hydrogens (tertiary/aromatic N) is 2. The van der Waals surface area contributed by atoms with Crippen molar-refractivity contribution < 1.29 is 4.74 Å². The molecule has 0 bridgehead atoms. The summed E-state index contributed by atoms with van der Waals surface area (Å²) in [6.45, 7) is 3.05. The van der Waals surface area contributed by atoms with Gasteiger partial charge in [-0.2, -0.15) is 0 Å². The largest absolute Gasteiger partial charge is 0.378 e. The maximum Gasteiger partial charge on any atom is 0.0757 e. The van der Waals surface area contributed by atoms with Gasteiger partial charge in [0.2, 0.25) is 0 Å². The predicted molar refractivity (Wildman–Crippen MR) is 66.7 cm³/mol. The molecule has 0 radical (unpaired) electrons. The van der Waals surface area contributed by atoms with Crippen LogP contribution in [0.3, 0.4) is 0 Å². The lowest BCUT2D eigenvalue weighted by molar-refractivity contribution is -0.0839. The summed E-state index contributed by atoms with van der Waals surface area (Å²) in [6.07, 6.45) is 9.87. The van der Waals surface area contributed by atoms with E-state index in [1.807, 2.05) is 13.3 Å². The van der Waals surface area contributed by atoms with Gasteiger partial charge in [0.25, 0.3) is 0 Å². The lowest BCUT2D eigenvalue weighted by Crippen LogP contribution is -2.43. The molecule has 1 fully saturated rings. The van der Waals surface area contributed by atoms with Gasteiger partial charge in [-0.25, -0.2) is 0 Å². The van der Waals surface area contributed by atoms with E-state index in [1.165, 1.54) is 6.42 Å². The highest BCUT2D eigenvalue weighted by atomic mass is 16.5. The Kier molecular flexibility index (Phi) is 4.07. The zero-order valence-electron chi connectivity index (χ0n) is 10.6. The highest BCUT2D eigenvalue weighted by molar-refractivity contribution is 5.06. The van der Waals surface area contributed by atoms with Crippen molar-refractivity contribution in [2.24, 2.45) is 0 Å². The van der Waals surface area contributed by atoms with E-state index in [4.69, 9.17) is 4.74 Å². The molecule has 1 aromatic heterocycles. The van der Waals surface area contributed by atoms with Crippen LogP contribution in [0.2, 0.25) is 0 Å². The fourth-order valence-electron chi connectivity index (χ4n) is 2.45. The Balaban J connectivity index is 2.07. The van der Waals surface area contributed by atoms with Crippen molar-refractivity contribution in [1.82, 2.24) is 15.3 Å². The minimum absolute atomic E-state index is 0.0599. The van der Waals surface area contributed by atoms with Gasteiger partial charge in [-0.05, 0) is 32.2 Å². The summed E-state index contributed by atoms with van der Waals surface area (Å²) in [5.74, 6) is 0. The number of hydrogen-bond donors (Lipinski definition) is 1. The quantitative estimate of drug-likeness (QED) is 0.820. The number of hydrogen-bond acceptors (Lipinski definition) is 4. The van der Waals surface area contributed by atoms with Crippen LogP contribution in [0.25, 0.3) is 0 Å². The van der Waals surface area contributed by atoms with Gasteiger partial charge < -0.3 is 10.1 Å². The molecule has 4 nitrogen and oxygen atoms in total. The molecule has 94 valence electrons. The SMILES string of the molecule is CCNC(CC1(OC)CCC1)c1cnccn1. The fourth-order valence-corrected chi connectivity index (χ4v) is 2.45. The molecular weight excluding hydrogens is 214 g/mol. The van der Waals surface area contributed by atoms with Crippen LogP contribution in [0.5, 0.6) is 0 Å². The second-order valence-corrected chi connectivity index (χ2v) is 4.69. The van der Waals surface area contributed by atoms with Crippen LogP contribution in [0.4, 0.5) is 0 Å². The zero-order valence-corrected chi connectivity index (χ0v) is 10.6. The van der Waals surface area contributed by atoms with E-state index >= 15 is 0 Å². The van der Waals surface area contributed by atoms with Crippen molar-refractivity contribution in [3.05, 3.63) is 24.3 Å². The molecule has 4 heteroatoms. The van der Waals surface area contributed by atoms with Gasteiger partial charge in [0, 0.05) is 25.7 Å². The third-order valence-corrected chi connectivity index (χ3v) is 3.66. The van der Waals surface area contributed by atoms with Crippen LogP contribution in [-0.2, 0) is 4.74 Å². The molecule has 1 aliphatic carbocycles. The summed E-state index contributed by atoms with van der Waals surface area (Å²) >= 11 is 0. The van der Waals surface area contributed by atoms with Crippen molar-refractivity contribution >= 4 is 0 Å². The lowest BCUT2D eigenvalue weighted by atomic mass is 9.75. The molecule has 1 aliphatic rings. The number of nitrogens with one attached hydrogen (secondary N) is 1. The Morgan fingerprint density at radius 2 is 2.29 bits per heavy atom. The van der Waals surface area contributed by atoms with Gasteiger partial charge in [0.1, 0.15) is 0 Å². The number of rotatable bonds is 6. The minimum atomic E-state index is 0.0599. The maximum absolute atomic E-state index is 5.68. The first kappa shape index (κ1) is 12.5. The first-order valence-corrected chi connectivity index (χ1v) is 6.34. The molecule has 0 saturated heterocycles. The fraction of sp³-hybridized carbons (Fsp3) is 0.692. The normalized spacial score (nSPS) is 19.6. The molecule has 2 rings (SSSR count). The van der Waals surface area contributed by atoms with Crippen molar-refractivity contribution in [1.29, 1.82) is 0 Å². The van der Waals surface area contributed by atoms with Crippen LogP contribution >= 0.6 is 0 Å². The van der Waals surface area contributed by atoms with E-state index in [2.05, 4.69) is 22.2 Å². The van der Waals surface area contributed by atoms with E-state index in [0.29, 0.717) is 0 Å². The highest BCUT2D eigenvalue weighted by Crippen LogP contribution is 2.41. The lowest BCUT2D eigenvalue weighted by Gasteiger charge is -2.42. The Labute approximate surface area is 103 Å². The summed E-state index contributed by atoms with van der Waals surface area (Å²) in [5, 5.41) is 3.47. The van der Waals surface area contributed by atoms with Crippen molar-refractivity contribution in [2.75, 3.05) is 13.7 Å². The Bertz CT molecular complexity index is 332. The van der Waals surface area contributed by atoms with Crippen molar-refractivity contribution in [2.45, 2.75) is 44.2 Å². The van der Waals surface area contributed by atoms with Gasteiger partial charge >= 0.3 is 0 Å². The molecule has 1 N–H and O–H groups in total. The van der Waals surface area contributed by atoms with Crippen molar-refractivity contribution in [3.8, 4) is 0 Å². The molecule has 17 heavy (non-hydrogen) atoms. The Morgan fingerprint density at radius 3 is 2.76 bits per heavy atom. The smallest absolute Gasteiger partial charge is 0.0757 e. The monoisotopic (exact) mass is 235 g/mol. The topological polar surface area (TPSA) is 47.0 Å². The van der Waals surface area contributed by atoms with Crippen LogP contribution in [0.15, 0.2) is 18.6 Å². The van der Waals surface area contributed by atoms with Crippen LogP contribution in [-0.4, -0.2) is 29.2 Å². The highest BCUT2D eigenvalue weighted by Gasteiger charge is 2.39. The van der Waals surface area contributed by atoms with Crippen molar-refractivity contribution in [3.63, 3.8) is 0 Å². The Hall–Kier alpha value is -1.00. The van der Waals surface area contributed by atoms with E-state index in [-0.39, 0.29) is 11.6 Å². The van der Waals surface area contributed by atoms with Crippen LogP contribution in [0, 0.1) is 0 Å². The molecule has 1 saturated carbocycles. The summed E-state index contributed by atoms with van der Waals surface area (Å²) < 4.78 is 5.68. The second kappa shape index (κ2) is 5.56. The average Bonchev–Trinajstić information content (AvgIpc) is 2.33. The summed E-state index contributed by atoms with van der Waals surface area (Å²) in [6, 6.07) is 0.244. The van der Waals surface area contributed by atoms with E-state index < -0.39 is 0 Å². The van der Waals surface area contributed by atoms with Crippen LogP contribution in [0.1, 0.15) is 44.3 Å². The molecule has 1 atom stereocenters. The molecule has 1 heterocycles. The number of aromatic nitrogens is 2. The van der Waals surface area contributed by atoms with Crippen LogP contribution < -0.4 is 5.32 Å². The first-order chi connectivity index (χ1) is 8.29. The summed E-state index contributed by atoms with van der Waals surface area (Å²) in [7, 11) is 1.82. The molecule has 0 aliphatic heterocycles. The number of ether oxygens (including phenoxy) is 1. The maximum atomic E-state index is 5.68. The standard InChI is InChI=1S/C13H21N3O/c1-3-15-11(12-10-14-7-8-16-12)9-13(17-2)5-4-6-13/h7-8,10-11,15H,3-6,9H2,1-2H3. The molecule has 1 unspecified atom stereocenters. The van der Waals surface area contributed by atoms with Gasteiger partial charge in [-0.3, -0.25) is 9.97 Å². The molecule has 0 amide bonds. The number of methoxy groups -OCH3 is 1. The van der Waals surface area contributed by atoms with E-state index in [0.717, 1.165) is 31.5 Å². The first-order valence-electron chi connectivity index (χ1n) is 6.34. The summed E-state index contributed by atoms with van der Waals surface area (Å²) in [5.41, 5.74) is 1.07. The van der Waals surface area contributed by atoms with E-state index in [1.54, 1.807) is 12.4 Å². The molecular formula is C13H21N3O. The second-order valence-electron chi connectivity index (χ2n) is 4.69. The third-order valence-electron chi connectivity index (χ3n) is 3.66. The van der Waals surface area contributed by atoms with Gasteiger partial charge in [-0.15, -0.1) is 0 Å². The molecule has 1 aromatic rings. The minimum Gasteiger partial charge on any atom is -0.378 e. The van der Waals surface area contributed by atoms with E-state index in [9.17, 15) is 0 Å². The third kappa shape index (κ3) is 2.82. The Morgan fingerprint density at radius 1 is 1.47 bits per heavy atom. The average molecular weight is 235 g/mol. The molecule has 0 spiro atoms. The molecule has 0 aromatic carbocycles. The predicted octanol–water partition coefficient (Wildman–Crippen LogP) is 2.09. The zero-order chi connectivity index (χ0) is 12.1.